The topological polar surface area (TPSA) is 0 Å². The molecule has 0 aromatic carbocycles. The molecule has 0 N–H and O–H groups in total. The van der Waals surface area contributed by atoms with Crippen LogP contribution in [0.25, 0.3) is 0 Å². The van der Waals surface area contributed by atoms with Gasteiger partial charge in [-0.05, 0) is 18.8 Å². The van der Waals surface area contributed by atoms with Crippen molar-refractivity contribution in [1.29, 1.82) is 0 Å². The Morgan fingerprint density at radius 3 is 2.36 bits per heavy atom. The van der Waals surface area contributed by atoms with Crippen molar-refractivity contribution in [3.63, 3.8) is 0 Å². The van der Waals surface area contributed by atoms with E-state index in [-0.39, 0.29) is 0 Å². The Bertz CT molecular complexity index is 117. The van der Waals surface area contributed by atoms with Crippen LogP contribution in [0.4, 0.5) is 0 Å². The molecule has 0 spiro atoms. The maximum atomic E-state index is 4.24. The van der Waals surface area contributed by atoms with E-state index in [9.17, 15) is 0 Å². The van der Waals surface area contributed by atoms with Crippen LogP contribution in [0.1, 0.15) is 33.6 Å². The fraction of sp³-hybridized carbons (Fsp3) is 0.778. The molecule has 0 saturated heterocycles. The first kappa shape index (κ1) is 11.4. The van der Waals surface area contributed by atoms with Gasteiger partial charge < -0.3 is 0 Å². The van der Waals surface area contributed by atoms with Crippen molar-refractivity contribution in [2.45, 2.75) is 38.9 Å². The lowest BCUT2D eigenvalue weighted by molar-refractivity contribution is 0.607. The highest BCUT2D eigenvalue weighted by Gasteiger charge is 2.15. The Morgan fingerprint density at radius 2 is 2.09 bits per heavy atom. The molecule has 0 saturated carbocycles. The number of hydrogen-bond acceptors (Lipinski definition) is 2. The Morgan fingerprint density at radius 1 is 1.55 bits per heavy atom. The molecule has 0 radical (unpaired) electrons. The minimum absolute atomic E-state index is 0.604. The first-order valence-electron chi connectivity index (χ1n) is 4.15. The normalized spacial score (nSPS) is 16.0. The molecule has 0 aliphatic carbocycles. The summed E-state index contributed by atoms with van der Waals surface area (Å²) in [5, 5.41) is 0.630. The third-order valence-electron chi connectivity index (χ3n) is 2.19. The summed E-state index contributed by atoms with van der Waals surface area (Å²) in [6.07, 6.45) is 2.26. The minimum Gasteiger partial charge on any atom is -0.111 e. The van der Waals surface area contributed by atoms with Gasteiger partial charge in [-0.1, -0.05) is 43.7 Å². The average molecular weight is 190 g/mol. The van der Waals surface area contributed by atoms with Crippen LogP contribution in [0.2, 0.25) is 0 Å². The van der Waals surface area contributed by atoms with Crippen LogP contribution < -0.4 is 0 Å². The number of rotatable bonds is 5. The maximum Gasteiger partial charge on any atom is 0.0209 e. The van der Waals surface area contributed by atoms with Crippen molar-refractivity contribution < 1.29 is 0 Å². The highest BCUT2D eigenvalue weighted by molar-refractivity contribution is 8.68. The van der Waals surface area contributed by atoms with Crippen molar-refractivity contribution in [2.24, 2.45) is 5.92 Å². The van der Waals surface area contributed by atoms with E-state index in [0.717, 1.165) is 6.42 Å². The maximum absolute atomic E-state index is 4.24. The highest BCUT2D eigenvalue weighted by atomic mass is 33.1. The van der Waals surface area contributed by atoms with Gasteiger partial charge in [0.05, 0.1) is 0 Å². The van der Waals surface area contributed by atoms with Crippen LogP contribution in [-0.4, -0.2) is 5.25 Å². The zero-order valence-corrected chi connectivity index (χ0v) is 9.34. The summed E-state index contributed by atoms with van der Waals surface area (Å²) in [5.41, 5.74) is 1.35. The van der Waals surface area contributed by atoms with E-state index < -0.39 is 0 Å². The fourth-order valence-corrected chi connectivity index (χ4v) is 2.62. The summed E-state index contributed by atoms with van der Waals surface area (Å²) in [6.45, 7) is 10.6. The Labute approximate surface area is 79.6 Å². The van der Waals surface area contributed by atoms with Gasteiger partial charge in [-0.15, -0.1) is 11.7 Å². The van der Waals surface area contributed by atoms with Gasteiger partial charge >= 0.3 is 0 Å². The van der Waals surface area contributed by atoms with E-state index in [2.05, 4.69) is 39.0 Å². The van der Waals surface area contributed by atoms with Gasteiger partial charge in [0.1, 0.15) is 0 Å². The molecule has 66 valence electrons. The molecule has 11 heavy (non-hydrogen) atoms. The predicted octanol–water partition coefficient (Wildman–Crippen LogP) is 3.95. The molecule has 2 unspecified atom stereocenters. The lowest BCUT2D eigenvalue weighted by Crippen LogP contribution is -2.13. The molecule has 2 atom stereocenters. The smallest absolute Gasteiger partial charge is 0.0209 e. The first-order chi connectivity index (χ1) is 5.17. The van der Waals surface area contributed by atoms with Gasteiger partial charge in [-0.25, -0.2) is 0 Å². The van der Waals surface area contributed by atoms with Crippen molar-refractivity contribution in [2.75, 3.05) is 0 Å². The van der Waals surface area contributed by atoms with Crippen molar-refractivity contribution in [1.82, 2.24) is 0 Å². The summed E-state index contributed by atoms with van der Waals surface area (Å²) < 4.78 is 0. The quantitative estimate of drug-likeness (QED) is 0.389. The minimum atomic E-state index is 0.604. The zero-order chi connectivity index (χ0) is 8.85. The molecule has 0 heterocycles. The van der Waals surface area contributed by atoms with Crippen molar-refractivity contribution in [3.05, 3.63) is 12.2 Å². The lowest BCUT2D eigenvalue weighted by Gasteiger charge is -2.21. The van der Waals surface area contributed by atoms with Gasteiger partial charge in [0.15, 0.2) is 0 Å². The molecule has 0 rings (SSSR count). The molecular formula is C9H18S2. The number of allylic oxidation sites excluding steroid dienone is 1. The second-order valence-corrected chi connectivity index (χ2v) is 4.30. The van der Waals surface area contributed by atoms with E-state index >= 15 is 0 Å². The Hall–Kier alpha value is 0.440. The van der Waals surface area contributed by atoms with Crippen molar-refractivity contribution in [3.8, 4) is 0 Å². The third kappa shape index (κ3) is 3.57. The number of thiol groups is 1. The Kier molecular flexibility index (Phi) is 6.25. The van der Waals surface area contributed by atoms with Crippen LogP contribution in [0.15, 0.2) is 12.2 Å². The fourth-order valence-electron chi connectivity index (χ4n) is 1.10. The van der Waals surface area contributed by atoms with Gasteiger partial charge in [0, 0.05) is 5.25 Å². The second kappa shape index (κ2) is 6.01. The summed E-state index contributed by atoms with van der Waals surface area (Å²) in [6, 6.07) is 0. The number of hydrogen-bond donors (Lipinski definition) is 1. The van der Waals surface area contributed by atoms with E-state index in [1.165, 1.54) is 12.0 Å². The van der Waals surface area contributed by atoms with Crippen molar-refractivity contribution >= 4 is 22.5 Å². The van der Waals surface area contributed by atoms with Crippen LogP contribution >= 0.6 is 22.5 Å². The van der Waals surface area contributed by atoms with Crippen LogP contribution in [0.5, 0.6) is 0 Å². The molecule has 0 aromatic heterocycles. The van der Waals surface area contributed by atoms with E-state index in [1.54, 1.807) is 10.8 Å². The first-order valence-corrected chi connectivity index (χ1v) is 6.08. The molecule has 0 bridgehead atoms. The van der Waals surface area contributed by atoms with E-state index in [0.29, 0.717) is 11.2 Å². The predicted molar refractivity (Wildman–Crippen MR) is 59.3 cm³/mol. The second-order valence-electron chi connectivity index (χ2n) is 2.85. The molecule has 0 fully saturated rings. The summed E-state index contributed by atoms with van der Waals surface area (Å²) in [4.78, 5) is 0. The zero-order valence-electron chi connectivity index (χ0n) is 7.63. The molecule has 2 heteroatoms. The van der Waals surface area contributed by atoms with Gasteiger partial charge in [-0.3, -0.25) is 0 Å². The molecule has 0 nitrogen and oxygen atoms in total. The van der Waals surface area contributed by atoms with Crippen LogP contribution in [-0.2, 0) is 0 Å². The molecular weight excluding hydrogens is 172 g/mol. The van der Waals surface area contributed by atoms with Crippen LogP contribution in [0.3, 0.4) is 0 Å². The lowest BCUT2D eigenvalue weighted by atomic mass is 9.95. The largest absolute Gasteiger partial charge is 0.111 e. The molecule has 0 aliphatic rings. The Balaban J connectivity index is 3.97. The average Bonchev–Trinajstić information content (AvgIpc) is 2.05. The summed E-state index contributed by atoms with van der Waals surface area (Å²) in [7, 11) is 1.66. The standard InChI is InChI=1S/C9H18S2/c1-5-7(3)8(4)9(6-2)11-10/h8-10H,3,5-6H2,1-2,4H3. The molecule has 0 aliphatic heterocycles. The third-order valence-corrected chi connectivity index (χ3v) is 4.02. The summed E-state index contributed by atoms with van der Waals surface area (Å²) in [5.74, 6) is 0.604. The van der Waals surface area contributed by atoms with Gasteiger partial charge in [0.25, 0.3) is 0 Å². The van der Waals surface area contributed by atoms with E-state index in [1.807, 2.05) is 0 Å². The SMILES string of the molecule is C=C(CC)C(C)C(CC)SS. The van der Waals surface area contributed by atoms with Gasteiger partial charge in [-0.2, -0.15) is 0 Å². The molecule has 0 amide bonds. The van der Waals surface area contributed by atoms with Crippen LogP contribution in [0, 0.1) is 5.92 Å². The summed E-state index contributed by atoms with van der Waals surface area (Å²) >= 11 is 4.24. The monoisotopic (exact) mass is 190 g/mol. The van der Waals surface area contributed by atoms with E-state index in [4.69, 9.17) is 0 Å². The highest BCUT2D eigenvalue weighted by Crippen LogP contribution is 2.30. The molecule has 0 aromatic rings. The van der Waals surface area contributed by atoms with Gasteiger partial charge in [0.2, 0.25) is 0 Å².